The molecule has 0 saturated carbocycles. The Morgan fingerprint density at radius 3 is 1.21 bits per heavy atom. The highest BCUT2D eigenvalue weighted by molar-refractivity contribution is 7.20. The summed E-state index contributed by atoms with van der Waals surface area (Å²) in [7, 11) is 0. The molecule has 0 saturated heterocycles. The average molecular weight is 581 g/mol. The zero-order chi connectivity index (χ0) is 28.5. The van der Waals surface area contributed by atoms with Gasteiger partial charge in [-0.25, -0.2) is 0 Å². The molecule has 2 aromatic heterocycles. The van der Waals surface area contributed by atoms with Crippen LogP contribution in [0.25, 0.3) is 76.2 Å². The Kier molecular flexibility index (Phi) is 6.28. The fourth-order valence-electron chi connectivity index (χ4n) is 7.42. The van der Waals surface area contributed by atoms with Gasteiger partial charge in [0, 0.05) is 41.8 Å². The maximum Gasteiger partial charge on any atom is 0.0434 e. The van der Waals surface area contributed by atoms with Crippen LogP contribution in [0.4, 0.5) is 0 Å². The van der Waals surface area contributed by atoms with Gasteiger partial charge in [-0.15, -0.1) is 22.7 Å². The summed E-state index contributed by atoms with van der Waals surface area (Å²) in [6.07, 6.45) is 7.29. The monoisotopic (exact) mass is 580 g/mol. The molecule has 0 spiro atoms. The van der Waals surface area contributed by atoms with Gasteiger partial charge >= 0.3 is 0 Å². The molecular formula is C40H36S2. The van der Waals surface area contributed by atoms with Crippen molar-refractivity contribution in [2.45, 2.75) is 66.2 Å². The lowest BCUT2D eigenvalue weighted by Crippen LogP contribution is -1.85. The molecule has 0 radical (unpaired) electrons. The van der Waals surface area contributed by atoms with Crippen molar-refractivity contribution in [3.05, 3.63) is 93.7 Å². The number of hydrogen-bond donors (Lipinski definition) is 0. The Hall–Kier alpha value is -3.46. The molecule has 2 aliphatic rings. The molecule has 6 aromatic rings. The lowest BCUT2D eigenvalue weighted by atomic mass is 9.96. The number of rotatable bonds is 8. The van der Waals surface area contributed by atoms with E-state index in [1.807, 2.05) is 22.7 Å². The fourth-order valence-corrected chi connectivity index (χ4v) is 9.85. The van der Waals surface area contributed by atoms with Crippen molar-refractivity contribution in [3.63, 3.8) is 0 Å². The molecule has 0 nitrogen and oxygen atoms in total. The molecular weight excluding hydrogens is 545 g/mol. The molecule has 0 bridgehead atoms. The Morgan fingerprint density at radius 2 is 0.833 bits per heavy atom. The van der Waals surface area contributed by atoms with E-state index in [0.717, 1.165) is 12.8 Å². The third-order valence-electron chi connectivity index (χ3n) is 9.48. The zero-order valence-corrected chi connectivity index (χ0v) is 26.6. The van der Waals surface area contributed by atoms with E-state index in [-0.39, 0.29) is 0 Å². The summed E-state index contributed by atoms with van der Waals surface area (Å²) < 4.78 is 0. The third kappa shape index (κ3) is 3.78. The second-order valence-electron chi connectivity index (χ2n) is 12.1. The molecule has 2 aliphatic carbocycles. The molecule has 0 aliphatic heterocycles. The maximum absolute atomic E-state index is 2.43. The van der Waals surface area contributed by atoms with E-state index in [9.17, 15) is 0 Å². The van der Waals surface area contributed by atoms with Crippen molar-refractivity contribution < 1.29 is 0 Å². The summed E-state index contributed by atoms with van der Waals surface area (Å²) >= 11 is 3.93. The number of hydrogen-bond acceptors (Lipinski definition) is 2. The van der Waals surface area contributed by atoms with Crippen LogP contribution in [0.1, 0.15) is 60.4 Å². The molecule has 0 amide bonds. The van der Waals surface area contributed by atoms with Crippen LogP contribution >= 0.6 is 22.7 Å². The Labute approximate surface area is 257 Å². The van der Waals surface area contributed by atoms with Crippen LogP contribution in [0.2, 0.25) is 0 Å². The number of aryl methyl sites for hydroxylation is 4. The first kappa shape index (κ1) is 26.2. The van der Waals surface area contributed by atoms with E-state index in [1.54, 1.807) is 0 Å². The minimum Gasteiger partial charge on any atom is -0.145 e. The second-order valence-corrected chi connectivity index (χ2v) is 14.6. The van der Waals surface area contributed by atoms with E-state index in [4.69, 9.17) is 0 Å². The Bertz CT molecular complexity index is 1860. The van der Waals surface area contributed by atoms with E-state index in [1.165, 1.54) is 123 Å². The topological polar surface area (TPSA) is 0 Å². The normalized spacial score (nSPS) is 12.4. The van der Waals surface area contributed by atoms with Gasteiger partial charge in [-0.1, -0.05) is 99.5 Å². The minimum atomic E-state index is 1.16. The number of fused-ring (bicyclic) bond motifs is 6. The van der Waals surface area contributed by atoms with Crippen molar-refractivity contribution in [1.29, 1.82) is 0 Å². The molecule has 2 heterocycles. The van der Waals surface area contributed by atoms with Crippen molar-refractivity contribution in [2.75, 3.05) is 0 Å². The largest absolute Gasteiger partial charge is 0.145 e. The zero-order valence-electron chi connectivity index (χ0n) is 25.0. The van der Waals surface area contributed by atoms with Gasteiger partial charge in [-0.05, 0) is 94.8 Å². The molecule has 208 valence electrons. The van der Waals surface area contributed by atoms with Crippen LogP contribution < -0.4 is 0 Å². The Balaban J connectivity index is 1.35. The van der Waals surface area contributed by atoms with Crippen molar-refractivity contribution >= 4 is 33.4 Å². The summed E-state index contributed by atoms with van der Waals surface area (Å²) in [6.45, 7) is 9.14. The van der Waals surface area contributed by atoms with Crippen LogP contribution in [0.15, 0.2) is 72.8 Å². The smallest absolute Gasteiger partial charge is 0.0434 e. The van der Waals surface area contributed by atoms with Crippen LogP contribution in [0.5, 0.6) is 0 Å². The van der Waals surface area contributed by atoms with Crippen molar-refractivity contribution in [2.24, 2.45) is 0 Å². The molecule has 0 N–H and O–H groups in total. The first-order chi connectivity index (χ1) is 20.6. The van der Waals surface area contributed by atoms with Gasteiger partial charge in [0.2, 0.25) is 0 Å². The highest BCUT2D eigenvalue weighted by Gasteiger charge is 2.35. The molecule has 0 fully saturated rings. The maximum atomic E-state index is 2.43. The lowest BCUT2D eigenvalue weighted by molar-refractivity contribution is 0.795. The SMILES string of the molecule is CCCCc1ccc(-c2sc(-c3ccc(CCCC)cc3)c3c2-c2ccc4c5c(ccc-3c25)-c2c(C)sc(C)c2-4)cc1. The number of thiophene rings is 2. The molecule has 0 unspecified atom stereocenters. The summed E-state index contributed by atoms with van der Waals surface area (Å²) in [5, 5.41) is 2.93. The van der Waals surface area contributed by atoms with E-state index in [0.29, 0.717) is 0 Å². The van der Waals surface area contributed by atoms with Gasteiger partial charge in [-0.3, -0.25) is 0 Å². The number of benzene rings is 4. The van der Waals surface area contributed by atoms with Crippen molar-refractivity contribution in [1.82, 2.24) is 0 Å². The van der Waals surface area contributed by atoms with Gasteiger partial charge < -0.3 is 0 Å². The molecule has 4 aromatic carbocycles. The standard InChI is InChI=1S/C40H36S2/c1-5-7-9-25-11-15-27(16-12-25)39-37-31-21-19-29-33-23(3)41-24(4)34(33)30-20-22-32(36(31)35(29)30)38(37)40(42-39)28-17-13-26(14-18-28)10-8-6-2/h11-22H,5-10H2,1-4H3. The summed E-state index contributed by atoms with van der Waals surface area (Å²) in [5.41, 5.74) is 17.1. The molecule has 2 heteroatoms. The highest BCUT2D eigenvalue weighted by Crippen LogP contribution is 2.63. The third-order valence-corrected chi connectivity index (χ3v) is 11.8. The van der Waals surface area contributed by atoms with Crippen LogP contribution in [0, 0.1) is 13.8 Å². The highest BCUT2D eigenvalue weighted by atomic mass is 32.1. The number of unbranched alkanes of at least 4 members (excludes halogenated alkanes) is 2. The van der Waals surface area contributed by atoms with Crippen molar-refractivity contribution in [3.8, 4) is 65.4 Å². The second kappa shape index (κ2) is 10.1. The fraction of sp³-hybridized carbons (Fsp3) is 0.250. The predicted octanol–water partition coefficient (Wildman–Crippen LogP) is 12.9. The van der Waals surface area contributed by atoms with Crippen LogP contribution in [0.3, 0.4) is 0 Å². The van der Waals surface area contributed by atoms with E-state index < -0.39 is 0 Å². The van der Waals surface area contributed by atoms with Gasteiger partial charge in [0.05, 0.1) is 0 Å². The molecule has 42 heavy (non-hydrogen) atoms. The average Bonchev–Trinajstić information content (AvgIpc) is 3.74. The minimum absolute atomic E-state index is 1.16. The first-order valence-electron chi connectivity index (χ1n) is 15.7. The van der Waals surface area contributed by atoms with Crippen LogP contribution in [-0.2, 0) is 12.8 Å². The summed E-state index contributed by atoms with van der Waals surface area (Å²) in [5.74, 6) is 0. The molecule has 8 rings (SSSR count). The predicted molar refractivity (Wildman–Crippen MR) is 186 cm³/mol. The molecule has 0 atom stereocenters. The van der Waals surface area contributed by atoms with E-state index >= 15 is 0 Å². The lowest BCUT2D eigenvalue weighted by Gasteiger charge is -2.10. The van der Waals surface area contributed by atoms with Gasteiger partial charge in [0.15, 0.2) is 0 Å². The first-order valence-corrected chi connectivity index (χ1v) is 17.3. The van der Waals surface area contributed by atoms with E-state index in [2.05, 4.69) is 100 Å². The van der Waals surface area contributed by atoms with Gasteiger partial charge in [-0.2, -0.15) is 0 Å². The summed E-state index contributed by atoms with van der Waals surface area (Å²) in [6, 6.07) is 28.6. The van der Waals surface area contributed by atoms with Crippen LogP contribution in [-0.4, -0.2) is 0 Å². The summed E-state index contributed by atoms with van der Waals surface area (Å²) in [4.78, 5) is 5.69. The van der Waals surface area contributed by atoms with Gasteiger partial charge in [0.25, 0.3) is 0 Å². The quantitative estimate of drug-likeness (QED) is 0.168. The van der Waals surface area contributed by atoms with Gasteiger partial charge in [0.1, 0.15) is 0 Å². The Morgan fingerprint density at radius 1 is 0.452 bits per heavy atom.